The Morgan fingerprint density at radius 1 is 1.04 bits per heavy atom. The molecule has 26 heavy (non-hydrogen) atoms. The fourth-order valence-corrected chi connectivity index (χ4v) is 3.06. The van der Waals surface area contributed by atoms with Gasteiger partial charge >= 0.3 is 0 Å². The second-order valence-electron chi connectivity index (χ2n) is 6.62. The number of likely N-dealkylation sites (tertiary alicyclic amines) is 1. The number of ether oxygens (including phenoxy) is 1. The molecule has 1 aliphatic heterocycles. The molecule has 1 aliphatic rings. The smallest absolute Gasteiger partial charge is 0.295 e. The van der Waals surface area contributed by atoms with Crippen molar-refractivity contribution in [2.45, 2.75) is 25.9 Å². The van der Waals surface area contributed by atoms with Crippen molar-refractivity contribution in [1.29, 1.82) is 0 Å². The van der Waals surface area contributed by atoms with Crippen molar-refractivity contribution < 1.29 is 14.4 Å². The Labute approximate surface area is 154 Å². The Morgan fingerprint density at radius 2 is 1.77 bits per heavy atom. The molecular weight excluding hydrogens is 326 g/mol. The summed E-state index contributed by atoms with van der Waals surface area (Å²) in [6.07, 6.45) is 5.37. The molecule has 0 radical (unpaired) electrons. The summed E-state index contributed by atoms with van der Waals surface area (Å²) in [5.41, 5.74) is 4.67. The molecule has 2 aromatic rings. The summed E-state index contributed by atoms with van der Waals surface area (Å²) in [5, 5.41) is 4.05. The van der Waals surface area contributed by atoms with E-state index >= 15 is 0 Å². The lowest BCUT2D eigenvalue weighted by Gasteiger charge is -2.22. The third kappa shape index (κ3) is 6.01. The number of hydrogen-bond acceptors (Lipinski definition) is 3. The lowest BCUT2D eigenvalue weighted by atomic mass is 10.1. The summed E-state index contributed by atoms with van der Waals surface area (Å²) >= 11 is 0. The van der Waals surface area contributed by atoms with Crippen molar-refractivity contribution in [1.82, 2.24) is 5.43 Å². The quantitative estimate of drug-likeness (QED) is 0.590. The van der Waals surface area contributed by atoms with Gasteiger partial charge in [-0.3, -0.25) is 4.79 Å². The molecule has 3 rings (SSSR count). The van der Waals surface area contributed by atoms with Gasteiger partial charge in [0.25, 0.3) is 5.91 Å². The average molecular weight is 352 g/mol. The van der Waals surface area contributed by atoms with Gasteiger partial charge in [-0.25, -0.2) is 5.43 Å². The molecule has 5 heteroatoms. The minimum atomic E-state index is -0.0269. The van der Waals surface area contributed by atoms with Crippen molar-refractivity contribution in [3.63, 3.8) is 0 Å². The molecule has 1 heterocycles. The highest BCUT2D eigenvalue weighted by Gasteiger charge is 2.16. The number of amides is 1. The van der Waals surface area contributed by atoms with E-state index in [1.54, 1.807) is 6.21 Å². The molecule has 1 amide bonds. The first-order valence-corrected chi connectivity index (χ1v) is 9.22. The third-order valence-electron chi connectivity index (χ3n) is 4.50. The third-order valence-corrected chi connectivity index (χ3v) is 4.50. The van der Waals surface area contributed by atoms with E-state index in [1.807, 2.05) is 54.6 Å². The van der Waals surface area contributed by atoms with Crippen molar-refractivity contribution in [2.24, 2.45) is 5.10 Å². The summed E-state index contributed by atoms with van der Waals surface area (Å²) in [6.45, 7) is 3.22. The molecule has 1 fully saturated rings. The average Bonchev–Trinajstić information content (AvgIpc) is 2.69. The number of rotatable bonds is 7. The molecule has 2 N–H and O–H groups in total. The van der Waals surface area contributed by atoms with Gasteiger partial charge in [-0.05, 0) is 54.7 Å². The molecule has 0 bridgehead atoms. The van der Waals surface area contributed by atoms with Crippen molar-refractivity contribution >= 4 is 12.1 Å². The number of carbonyl (C=O) groups is 1. The first kappa shape index (κ1) is 18.1. The van der Waals surface area contributed by atoms with Crippen LogP contribution in [0, 0.1) is 0 Å². The van der Waals surface area contributed by atoms with Crippen molar-refractivity contribution in [3.8, 4) is 5.75 Å². The zero-order chi connectivity index (χ0) is 18.0. The van der Waals surface area contributed by atoms with Gasteiger partial charge in [-0.1, -0.05) is 30.3 Å². The molecule has 0 aromatic heterocycles. The molecule has 0 aliphatic carbocycles. The summed E-state index contributed by atoms with van der Waals surface area (Å²) in [4.78, 5) is 13.3. The van der Waals surface area contributed by atoms with E-state index in [2.05, 4.69) is 10.5 Å². The summed E-state index contributed by atoms with van der Waals surface area (Å²) in [5.74, 6) is 0.782. The van der Waals surface area contributed by atoms with Gasteiger partial charge in [-0.2, -0.15) is 5.10 Å². The Hall–Kier alpha value is -2.66. The first-order valence-electron chi connectivity index (χ1n) is 9.22. The Balaban J connectivity index is 1.41. The zero-order valence-corrected chi connectivity index (χ0v) is 15.0. The summed E-state index contributed by atoms with van der Waals surface area (Å²) < 4.78 is 5.76. The number of nitrogens with one attached hydrogen (secondary N) is 2. The van der Waals surface area contributed by atoms with Gasteiger partial charge in [0.1, 0.15) is 12.4 Å². The number of carbonyl (C=O) groups excluding carboxylic acids is 1. The number of hydrogen-bond donors (Lipinski definition) is 2. The molecule has 1 saturated heterocycles. The van der Waals surface area contributed by atoms with Crippen LogP contribution in [-0.4, -0.2) is 31.8 Å². The highest BCUT2D eigenvalue weighted by atomic mass is 16.5. The second-order valence-corrected chi connectivity index (χ2v) is 6.62. The normalized spacial score (nSPS) is 15.1. The van der Waals surface area contributed by atoms with Crippen LogP contribution >= 0.6 is 0 Å². The predicted octanol–water partition coefficient (Wildman–Crippen LogP) is 1.78. The van der Waals surface area contributed by atoms with Crippen LogP contribution in [0.4, 0.5) is 0 Å². The van der Waals surface area contributed by atoms with Gasteiger partial charge < -0.3 is 9.64 Å². The summed E-state index contributed by atoms with van der Waals surface area (Å²) in [7, 11) is 0. The SMILES string of the molecule is O=C(C[NH+]1CCCCC1)N/N=C\c1ccc(OCc2ccccc2)cc1. The van der Waals surface area contributed by atoms with Gasteiger partial charge in [0.05, 0.1) is 19.3 Å². The fourth-order valence-electron chi connectivity index (χ4n) is 3.06. The Morgan fingerprint density at radius 3 is 2.50 bits per heavy atom. The van der Waals surface area contributed by atoms with Gasteiger partial charge in [0, 0.05) is 0 Å². The van der Waals surface area contributed by atoms with Crippen LogP contribution in [0.25, 0.3) is 0 Å². The van der Waals surface area contributed by atoms with Crippen LogP contribution in [0.15, 0.2) is 59.7 Å². The molecule has 0 spiro atoms. The molecule has 136 valence electrons. The monoisotopic (exact) mass is 352 g/mol. The van der Waals surface area contributed by atoms with Crippen LogP contribution in [0.2, 0.25) is 0 Å². The van der Waals surface area contributed by atoms with Crippen LogP contribution in [0.1, 0.15) is 30.4 Å². The Kier molecular flexibility index (Phi) is 6.79. The van der Waals surface area contributed by atoms with Gasteiger partial charge in [0.2, 0.25) is 0 Å². The molecular formula is C21H26N3O2+. The van der Waals surface area contributed by atoms with E-state index in [9.17, 15) is 4.79 Å². The van der Waals surface area contributed by atoms with E-state index in [0.717, 1.165) is 30.0 Å². The number of benzene rings is 2. The first-order chi connectivity index (χ1) is 12.8. The van der Waals surface area contributed by atoms with Crippen LogP contribution in [-0.2, 0) is 11.4 Å². The number of quaternary nitrogens is 1. The van der Waals surface area contributed by atoms with E-state index < -0.39 is 0 Å². The highest BCUT2D eigenvalue weighted by molar-refractivity contribution is 5.82. The maximum atomic E-state index is 11.9. The topological polar surface area (TPSA) is 55.1 Å². The number of piperidine rings is 1. The fraction of sp³-hybridized carbons (Fsp3) is 0.333. The number of hydrazone groups is 1. The lowest BCUT2D eigenvalue weighted by Crippen LogP contribution is -3.13. The van der Waals surface area contributed by atoms with Crippen molar-refractivity contribution in [3.05, 3.63) is 65.7 Å². The van der Waals surface area contributed by atoms with Crippen LogP contribution in [0.5, 0.6) is 5.75 Å². The minimum absolute atomic E-state index is 0.0269. The van der Waals surface area contributed by atoms with E-state index in [1.165, 1.54) is 24.2 Å². The van der Waals surface area contributed by atoms with Gasteiger partial charge in [0.15, 0.2) is 6.54 Å². The Bertz CT molecular complexity index is 708. The van der Waals surface area contributed by atoms with E-state index in [4.69, 9.17) is 4.74 Å². The molecule has 0 saturated carbocycles. The molecule has 5 nitrogen and oxygen atoms in total. The number of nitrogens with zero attached hydrogens (tertiary/aromatic N) is 1. The maximum Gasteiger partial charge on any atom is 0.295 e. The molecule has 0 unspecified atom stereocenters. The van der Waals surface area contributed by atoms with Gasteiger partial charge in [-0.15, -0.1) is 0 Å². The molecule has 2 aromatic carbocycles. The minimum Gasteiger partial charge on any atom is -0.489 e. The lowest BCUT2D eigenvalue weighted by molar-refractivity contribution is -0.896. The molecule has 0 atom stereocenters. The largest absolute Gasteiger partial charge is 0.489 e. The van der Waals surface area contributed by atoms with E-state index in [0.29, 0.717) is 13.2 Å². The zero-order valence-electron chi connectivity index (χ0n) is 15.0. The van der Waals surface area contributed by atoms with Crippen LogP contribution < -0.4 is 15.1 Å². The summed E-state index contributed by atoms with van der Waals surface area (Å²) in [6, 6.07) is 17.7. The van der Waals surface area contributed by atoms with Crippen molar-refractivity contribution in [2.75, 3.05) is 19.6 Å². The highest BCUT2D eigenvalue weighted by Crippen LogP contribution is 2.13. The predicted molar refractivity (Wildman–Crippen MR) is 102 cm³/mol. The standard InChI is InChI=1S/C21H25N3O2/c25-21(16-24-13-5-2-6-14-24)23-22-15-18-9-11-20(12-10-18)26-17-19-7-3-1-4-8-19/h1,3-4,7-12,15H,2,5-6,13-14,16-17H2,(H,23,25)/p+1/b22-15-. The van der Waals surface area contributed by atoms with E-state index in [-0.39, 0.29) is 5.91 Å². The maximum absolute atomic E-state index is 11.9. The van der Waals surface area contributed by atoms with Crippen LogP contribution in [0.3, 0.4) is 0 Å². The second kappa shape index (κ2) is 9.73.